The molecule has 2 aliphatic rings. The van der Waals surface area contributed by atoms with Gasteiger partial charge in [0, 0.05) is 17.2 Å². The number of amides is 2. The van der Waals surface area contributed by atoms with Gasteiger partial charge in [-0.2, -0.15) is 4.98 Å². The van der Waals surface area contributed by atoms with E-state index < -0.39 is 0 Å². The first-order chi connectivity index (χ1) is 15.3. The van der Waals surface area contributed by atoms with Gasteiger partial charge in [0.15, 0.2) is 5.82 Å². The zero-order chi connectivity index (χ0) is 22.5. The minimum absolute atomic E-state index is 0.0109. The standard InChI is InChI=1S/C24H25N5O3/c1-24(2,3)23-28-22(32-29-23)21(31)26-18-6-4-5-13-11-14(7-8-16(13)18)15-9-10-25-20-17(15)12-19(30)27-20/h7-11,18H,4-6,12H2,1-3H3,(H,26,31)(H,25,27,30). The minimum atomic E-state index is -0.355. The van der Waals surface area contributed by atoms with Crippen LogP contribution in [-0.2, 0) is 23.1 Å². The molecule has 1 aromatic carbocycles. The molecule has 164 valence electrons. The van der Waals surface area contributed by atoms with Crippen LogP contribution in [0.25, 0.3) is 11.1 Å². The molecule has 0 bridgehead atoms. The van der Waals surface area contributed by atoms with E-state index in [1.165, 1.54) is 5.56 Å². The summed E-state index contributed by atoms with van der Waals surface area (Å²) in [4.78, 5) is 33.1. The number of hydrogen-bond acceptors (Lipinski definition) is 6. The summed E-state index contributed by atoms with van der Waals surface area (Å²) in [7, 11) is 0. The van der Waals surface area contributed by atoms with Gasteiger partial charge in [-0.1, -0.05) is 44.1 Å². The monoisotopic (exact) mass is 431 g/mol. The molecular weight excluding hydrogens is 406 g/mol. The van der Waals surface area contributed by atoms with Crippen LogP contribution in [-0.4, -0.2) is 26.9 Å². The molecule has 8 heteroatoms. The Balaban J connectivity index is 1.40. The van der Waals surface area contributed by atoms with Crippen LogP contribution >= 0.6 is 0 Å². The summed E-state index contributed by atoms with van der Waals surface area (Å²) in [5.74, 6) is 0.754. The summed E-state index contributed by atoms with van der Waals surface area (Å²) >= 11 is 0. The van der Waals surface area contributed by atoms with Gasteiger partial charge in [0.05, 0.1) is 12.5 Å². The Morgan fingerprint density at radius 3 is 2.88 bits per heavy atom. The highest BCUT2D eigenvalue weighted by atomic mass is 16.5. The first-order valence-electron chi connectivity index (χ1n) is 10.9. The van der Waals surface area contributed by atoms with Crippen LogP contribution in [0.1, 0.15) is 72.9 Å². The predicted molar refractivity (Wildman–Crippen MR) is 118 cm³/mol. The molecule has 0 spiro atoms. The third-order valence-electron chi connectivity index (χ3n) is 6.02. The summed E-state index contributed by atoms with van der Waals surface area (Å²) in [5, 5.41) is 9.81. The lowest BCUT2D eigenvalue weighted by Crippen LogP contribution is -2.31. The number of fused-ring (bicyclic) bond motifs is 2. The number of nitrogens with zero attached hydrogens (tertiary/aromatic N) is 3. The molecule has 0 saturated heterocycles. The highest BCUT2D eigenvalue weighted by Crippen LogP contribution is 2.36. The number of rotatable bonds is 3. The number of aryl methyl sites for hydroxylation is 1. The van der Waals surface area contributed by atoms with Crippen molar-refractivity contribution in [3.05, 3.63) is 58.9 Å². The Morgan fingerprint density at radius 2 is 2.09 bits per heavy atom. The Hall–Kier alpha value is -3.55. The van der Waals surface area contributed by atoms with Crippen LogP contribution in [0.5, 0.6) is 0 Å². The third-order valence-corrected chi connectivity index (χ3v) is 6.02. The van der Waals surface area contributed by atoms with Gasteiger partial charge in [-0.3, -0.25) is 9.59 Å². The maximum absolute atomic E-state index is 12.8. The molecule has 1 unspecified atom stereocenters. The Kier molecular flexibility index (Phi) is 4.80. The van der Waals surface area contributed by atoms with Crippen molar-refractivity contribution in [3.8, 4) is 11.1 Å². The molecule has 0 radical (unpaired) electrons. The van der Waals surface area contributed by atoms with Crippen LogP contribution in [0.4, 0.5) is 5.82 Å². The van der Waals surface area contributed by atoms with E-state index in [-0.39, 0.29) is 29.2 Å². The molecule has 1 aliphatic carbocycles. The highest BCUT2D eigenvalue weighted by Gasteiger charge is 2.28. The fraction of sp³-hybridized carbons (Fsp3) is 0.375. The first-order valence-corrected chi connectivity index (χ1v) is 10.9. The van der Waals surface area contributed by atoms with E-state index in [1.54, 1.807) is 6.20 Å². The lowest BCUT2D eigenvalue weighted by molar-refractivity contribution is -0.115. The van der Waals surface area contributed by atoms with E-state index in [2.05, 4.69) is 37.9 Å². The van der Waals surface area contributed by atoms with Crippen molar-refractivity contribution in [2.75, 3.05) is 5.32 Å². The van der Waals surface area contributed by atoms with Gasteiger partial charge in [0.25, 0.3) is 0 Å². The van der Waals surface area contributed by atoms with Crippen molar-refractivity contribution in [1.29, 1.82) is 0 Å². The second kappa shape index (κ2) is 7.55. The van der Waals surface area contributed by atoms with Crippen LogP contribution in [0.2, 0.25) is 0 Å². The molecule has 2 amide bonds. The van der Waals surface area contributed by atoms with Gasteiger partial charge in [-0.15, -0.1) is 0 Å². The van der Waals surface area contributed by atoms with E-state index in [0.29, 0.717) is 18.1 Å². The Morgan fingerprint density at radius 1 is 1.25 bits per heavy atom. The summed E-state index contributed by atoms with van der Waals surface area (Å²) < 4.78 is 5.20. The summed E-state index contributed by atoms with van der Waals surface area (Å²) in [6, 6.07) is 8.12. The van der Waals surface area contributed by atoms with Crippen molar-refractivity contribution >= 4 is 17.6 Å². The molecule has 32 heavy (non-hydrogen) atoms. The lowest BCUT2D eigenvalue weighted by atomic mass is 9.85. The van der Waals surface area contributed by atoms with Crippen LogP contribution in [0.3, 0.4) is 0 Å². The average Bonchev–Trinajstić information content (AvgIpc) is 3.39. The van der Waals surface area contributed by atoms with E-state index in [9.17, 15) is 9.59 Å². The number of pyridine rings is 1. The van der Waals surface area contributed by atoms with Crippen LogP contribution in [0.15, 0.2) is 35.0 Å². The molecule has 3 aromatic rings. The normalized spacial score (nSPS) is 17.5. The van der Waals surface area contributed by atoms with E-state index in [1.807, 2.05) is 32.9 Å². The largest absolute Gasteiger partial charge is 0.341 e. The van der Waals surface area contributed by atoms with Crippen molar-refractivity contribution in [1.82, 2.24) is 20.4 Å². The molecular formula is C24H25N5O3. The molecule has 0 fully saturated rings. The van der Waals surface area contributed by atoms with Crippen molar-refractivity contribution in [2.45, 2.75) is 57.9 Å². The average molecular weight is 431 g/mol. The number of hydrogen-bond donors (Lipinski definition) is 2. The number of anilines is 1. The maximum atomic E-state index is 12.8. The molecule has 5 rings (SSSR count). The molecule has 1 aliphatic heterocycles. The Labute approximate surface area is 185 Å². The second-order valence-corrected chi connectivity index (χ2v) is 9.42. The quantitative estimate of drug-likeness (QED) is 0.654. The second-order valence-electron chi connectivity index (χ2n) is 9.42. The fourth-order valence-electron chi connectivity index (χ4n) is 4.36. The van der Waals surface area contributed by atoms with E-state index in [0.717, 1.165) is 41.5 Å². The van der Waals surface area contributed by atoms with Gasteiger partial charge in [0.2, 0.25) is 5.91 Å². The molecule has 1 atom stereocenters. The number of carbonyl (C=O) groups excluding carboxylic acids is 2. The molecule has 0 saturated carbocycles. The number of aromatic nitrogens is 3. The van der Waals surface area contributed by atoms with Crippen LogP contribution in [0, 0.1) is 0 Å². The van der Waals surface area contributed by atoms with Crippen molar-refractivity contribution in [2.24, 2.45) is 0 Å². The summed E-state index contributed by atoms with van der Waals surface area (Å²) in [6.07, 6.45) is 4.82. The summed E-state index contributed by atoms with van der Waals surface area (Å²) in [5.41, 5.74) is 5.01. The van der Waals surface area contributed by atoms with E-state index in [4.69, 9.17) is 4.52 Å². The Bertz CT molecular complexity index is 1220. The summed E-state index contributed by atoms with van der Waals surface area (Å²) in [6.45, 7) is 5.91. The molecule has 2 N–H and O–H groups in total. The minimum Gasteiger partial charge on any atom is -0.341 e. The number of nitrogens with one attached hydrogen (secondary N) is 2. The third kappa shape index (κ3) is 3.66. The van der Waals surface area contributed by atoms with Crippen LogP contribution < -0.4 is 10.6 Å². The van der Waals surface area contributed by atoms with Gasteiger partial charge >= 0.3 is 11.8 Å². The van der Waals surface area contributed by atoms with Crippen molar-refractivity contribution < 1.29 is 14.1 Å². The SMILES string of the molecule is CC(C)(C)c1noc(C(=O)NC2CCCc3cc(-c4ccnc5c4CC(=O)N5)ccc32)n1. The topological polar surface area (TPSA) is 110 Å². The van der Waals surface area contributed by atoms with Crippen molar-refractivity contribution in [3.63, 3.8) is 0 Å². The smallest absolute Gasteiger partial charge is 0.315 e. The lowest BCUT2D eigenvalue weighted by Gasteiger charge is -2.26. The first kappa shape index (κ1) is 20.4. The molecule has 8 nitrogen and oxygen atoms in total. The number of carbonyl (C=O) groups is 2. The zero-order valence-electron chi connectivity index (χ0n) is 18.4. The van der Waals surface area contributed by atoms with E-state index >= 15 is 0 Å². The highest BCUT2D eigenvalue weighted by molar-refractivity contribution is 6.00. The molecule has 2 aromatic heterocycles. The fourth-order valence-corrected chi connectivity index (χ4v) is 4.36. The van der Waals surface area contributed by atoms with Gasteiger partial charge in [-0.25, -0.2) is 4.98 Å². The molecule has 3 heterocycles. The van der Waals surface area contributed by atoms with Gasteiger partial charge in [0.1, 0.15) is 5.82 Å². The predicted octanol–water partition coefficient (Wildman–Crippen LogP) is 3.73. The maximum Gasteiger partial charge on any atom is 0.315 e. The van der Waals surface area contributed by atoms with Gasteiger partial charge in [-0.05, 0) is 47.6 Å². The number of benzene rings is 1. The van der Waals surface area contributed by atoms with Gasteiger partial charge < -0.3 is 15.2 Å². The zero-order valence-corrected chi connectivity index (χ0v) is 18.4.